The third-order valence-electron chi connectivity index (χ3n) is 1.26. The molecule has 0 aromatic rings. The summed E-state index contributed by atoms with van der Waals surface area (Å²) in [6.45, 7) is 7.04. The van der Waals surface area contributed by atoms with E-state index in [9.17, 15) is 0 Å². The molecule has 0 saturated carbocycles. The molecule has 1 aliphatic rings. The fraction of sp³-hybridized carbons (Fsp3) is 0.429. The SMILES string of the molecule is C=CN1C=CN(OCC)C1.Cl. The molecule has 0 unspecified atom stereocenters. The van der Waals surface area contributed by atoms with Gasteiger partial charge in [-0.2, -0.15) is 0 Å². The molecule has 0 aromatic carbocycles. The van der Waals surface area contributed by atoms with Crippen LogP contribution in [0.3, 0.4) is 0 Å². The molecule has 0 spiro atoms. The van der Waals surface area contributed by atoms with Gasteiger partial charge in [-0.25, -0.2) is 5.06 Å². The highest BCUT2D eigenvalue weighted by atomic mass is 35.5. The van der Waals surface area contributed by atoms with Gasteiger partial charge in [-0.05, 0) is 13.1 Å². The van der Waals surface area contributed by atoms with Crippen molar-refractivity contribution in [1.82, 2.24) is 9.96 Å². The van der Waals surface area contributed by atoms with Gasteiger partial charge >= 0.3 is 0 Å². The fourth-order valence-corrected chi connectivity index (χ4v) is 0.783. The molecule has 1 rings (SSSR count). The van der Waals surface area contributed by atoms with Crippen molar-refractivity contribution >= 4 is 12.4 Å². The van der Waals surface area contributed by atoms with Gasteiger partial charge in [-0.1, -0.05) is 6.58 Å². The first-order chi connectivity index (χ1) is 4.86. The normalized spacial score (nSPS) is 15.0. The van der Waals surface area contributed by atoms with Gasteiger partial charge < -0.3 is 4.90 Å². The van der Waals surface area contributed by atoms with Gasteiger partial charge in [0.1, 0.15) is 6.67 Å². The molecule has 0 radical (unpaired) electrons. The lowest BCUT2D eigenvalue weighted by atomic mass is 10.8. The van der Waals surface area contributed by atoms with E-state index >= 15 is 0 Å². The molecule has 11 heavy (non-hydrogen) atoms. The summed E-state index contributed by atoms with van der Waals surface area (Å²) in [5, 5.41) is 1.77. The van der Waals surface area contributed by atoms with E-state index in [-0.39, 0.29) is 12.4 Å². The largest absolute Gasteiger partial charge is 0.333 e. The van der Waals surface area contributed by atoms with E-state index in [1.165, 1.54) is 0 Å². The second kappa shape index (κ2) is 5.04. The zero-order valence-electron chi connectivity index (χ0n) is 6.56. The number of hydrogen-bond donors (Lipinski definition) is 0. The molecule has 0 aromatic heterocycles. The third-order valence-corrected chi connectivity index (χ3v) is 1.26. The molecule has 0 saturated heterocycles. The van der Waals surface area contributed by atoms with Crippen molar-refractivity contribution in [2.45, 2.75) is 6.92 Å². The molecule has 0 bridgehead atoms. The Morgan fingerprint density at radius 3 is 2.82 bits per heavy atom. The maximum Gasteiger partial charge on any atom is 0.119 e. The number of rotatable bonds is 3. The number of hydrogen-bond acceptors (Lipinski definition) is 3. The van der Waals surface area contributed by atoms with Crippen LogP contribution in [0, 0.1) is 0 Å². The Balaban J connectivity index is 0.000001000. The van der Waals surface area contributed by atoms with Crippen LogP contribution in [-0.4, -0.2) is 23.2 Å². The number of hydroxylamine groups is 2. The first-order valence-electron chi connectivity index (χ1n) is 3.33. The zero-order chi connectivity index (χ0) is 7.40. The van der Waals surface area contributed by atoms with Crippen molar-refractivity contribution in [2.75, 3.05) is 13.3 Å². The van der Waals surface area contributed by atoms with Crippen molar-refractivity contribution in [3.8, 4) is 0 Å². The topological polar surface area (TPSA) is 15.7 Å². The van der Waals surface area contributed by atoms with Gasteiger partial charge in [0.15, 0.2) is 0 Å². The molecule has 1 heterocycles. The minimum absolute atomic E-state index is 0. The van der Waals surface area contributed by atoms with Crippen LogP contribution in [0.2, 0.25) is 0 Å². The van der Waals surface area contributed by atoms with Crippen LogP contribution in [0.5, 0.6) is 0 Å². The van der Waals surface area contributed by atoms with Crippen LogP contribution in [0.25, 0.3) is 0 Å². The van der Waals surface area contributed by atoms with Crippen LogP contribution in [0.1, 0.15) is 6.92 Å². The Labute approximate surface area is 73.3 Å². The smallest absolute Gasteiger partial charge is 0.119 e. The van der Waals surface area contributed by atoms with E-state index in [2.05, 4.69) is 6.58 Å². The lowest BCUT2D eigenvalue weighted by Crippen LogP contribution is -2.21. The van der Waals surface area contributed by atoms with E-state index in [0.717, 1.165) is 6.67 Å². The molecule has 1 aliphatic heterocycles. The van der Waals surface area contributed by atoms with Crippen molar-refractivity contribution in [1.29, 1.82) is 0 Å². The summed E-state index contributed by atoms with van der Waals surface area (Å²) < 4.78 is 0. The number of halogens is 1. The van der Waals surface area contributed by atoms with Crippen molar-refractivity contribution < 1.29 is 4.84 Å². The molecule has 0 amide bonds. The predicted octanol–water partition coefficient (Wildman–Crippen LogP) is 1.55. The first kappa shape index (κ1) is 10.3. The third kappa shape index (κ3) is 2.82. The Hall–Kier alpha value is -0.670. The highest BCUT2D eigenvalue weighted by molar-refractivity contribution is 5.85. The first-order valence-corrected chi connectivity index (χ1v) is 3.33. The monoisotopic (exact) mass is 176 g/mol. The summed E-state index contributed by atoms with van der Waals surface area (Å²) in [4.78, 5) is 7.13. The summed E-state index contributed by atoms with van der Waals surface area (Å²) in [6.07, 6.45) is 5.56. The number of nitrogens with zero attached hydrogens (tertiary/aromatic N) is 2. The fourth-order valence-electron chi connectivity index (χ4n) is 0.783. The summed E-state index contributed by atoms with van der Waals surface area (Å²) in [7, 11) is 0. The van der Waals surface area contributed by atoms with Crippen LogP contribution < -0.4 is 0 Å². The highest BCUT2D eigenvalue weighted by Crippen LogP contribution is 2.05. The molecule has 3 nitrogen and oxygen atoms in total. The van der Waals surface area contributed by atoms with Crippen LogP contribution in [-0.2, 0) is 4.84 Å². The second-order valence-corrected chi connectivity index (χ2v) is 1.97. The van der Waals surface area contributed by atoms with Gasteiger partial charge in [0.2, 0.25) is 0 Å². The van der Waals surface area contributed by atoms with Gasteiger partial charge in [-0.3, -0.25) is 4.84 Å². The maximum atomic E-state index is 5.19. The summed E-state index contributed by atoms with van der Waals surface area (Å²) in [6, 6.07) is 0. The molecule has 0 N–H and O–H groups in total. The summed E-state index contributed by atoms with van der Waals surface area (Å²) >= 11 is 0. The van der Waals surface area contributed by atoms with Crippen LogP contribution in [0.4, 0.5) is 0 Å². The maximum absolute atomic E-state index is 5.19. The Bertz CT molecular complexity index is 149. The van der Waals surface area contributed by atoms with Crippen LogP contribution >= 0.6 is 12.4 Å². The molecule has 0 aliphatic carbocycles. The molecule has 64 valence electrons. The predicted molar refractivity (Wildman–Crippen MR) is 46.8 cm³/mol. The minimum Gasteiger partial charge on any atom is -0.333 e. The van der Waals surface area contributed by atoms with Gasteiger partial charge in [0.25, 0.3) is 0 Å². The van der Waals surface area contributed by atoms with E-state index in [4.69, 9.17) is 4.84 Å². The highest BCUT2D eigenvalue weighted by Gasteiger charge is 2.07. The van der Waals surface area contributed by atoms with E-state index in [1.807, 2.05) is 24.2 Å². The van der Waals surface area contributed by atoms with Gasteiger partial charge in [-0.15, -0.1) is 12.4 Å². The molecule has 0 atom stereocenters. The zero-order valence-corrected chi connectivity index (χ0v) is 7.38. The molecule has 4 heteroatoms. The van der Waals surface area contributed by atoms with Crippen molar-refractivity contribution in [3.05, 3.63) is 25.2 Å². The van der Waals surface area contributed by atoms with E-state index < -0.39 is 0 Å². The Morgan fingerprint density at radius 1 is 1.64 bits per heavy atom. The lowest BCUT2D eigenvalue weighted by Gasteiger charge is -2.16. The molecular weight excluding hydrogens is 164 g/mol. The second-order valence-electron chi connectivity index (χ2n) is 1.97. The van der Waals surface area contributed by atoms with Crippen LogP contribution in [0.15, 0.2) is 25.2 Å². The van der Waals surface area contributed by atoms with Crippen molar-refractivity contribution in [3.63, 3.8) is 0 Å². The molecular formula is C7H13ClN2O. The molecule has 0 fully saturated rings. The standard InChI is InChI=1S/C7H12N2O.ClH/c1-3-8-5-6-9(7-8)10-4-2;/h3,5-6H,1,4,7H2,2H3;1H. The summed E-state index contributed by atoms with van der Waals surface area (Å²) in [5.74, 6) is 0. The summed E-state index contributed by atoms with van der Waals surface area (Å²) in [5.41, 5.74) is 0. The van der Waals surface area contributed by atoms with Gasteiger partial charge in [0.05, 0.1) is 6.61 Å². The Morgan fingerprint density at radius 2 is 2.36 bits per heavy atom. The lowest BCUT2D eigenvalue weighted by molar-refractivity contribution is -0.120. The average molecular weight is 177 g/mol. The van der Waals surface area contributed by atoms with E-state index in [0.29, 0.717) is 6.61 Å². The van der Waals surface area contributed by atoms with E-state index in [1.54, 1.807) is 11.3 Å². The average Bonchev–Trinajstić information content (AvgIpc) is 2.37. The van der Waals surface area contributed by atoms with Gasteiger partial charge in [0, 0.05) is 12.4 Å². The quantitative estimate of drug-likeness (QED) is 0.649. The van der Waals surface area contributed by atoms with Crippen molar-refractivity contribution in [2.24, 2.45) is 0 Å². The Kier molecular flexibility index (Phi) is 4.74. The minimum atomic E-state index is 0.